The van der Waals surface area contributed by atoms with Gasteiger partial charge < -0.3 is 11.1 Å². The average molecular weight is 303 g/mol. The first-order chi connectivity index (χ1) is 8.97. The molecule has 6 heteroatoms. The zero-order valence-corrected chi connectivity index (χ0v) is 11.1. The third-order valence-corrected chi connectivity index (χ3v) is 3.07. The van der Waals surface area contributed by atoms with Crippen molar-refractivity contribution in [3.63, 3.8) is 0 Å². The second kappa shape index (κ2) is 5.63. The number of hydrogen-bond acceptors (Lipinski definition) is 2. The molecule has 0 aliphatic rings. The van der Waals surface area contributed by atoms with E-state index in [1.807, 2.05) is 0 Å². The molecule has 0 atom stereocenters. The van der Waals surface area contributed by atoms with E-state index in [0.29, 0.717) is 15.7 Å². The highest BCUT2D eigenvalue weighted by Gasteiger charge is 2.14. The molecule has 19 heavy (non-hydrogen) atoms. The van der Waals surface area contributed by atoms with Gasteiger partial charge in [-0.25, -0.2) is 8.78 Å². The Balaban J connectivity index is 2.40. The summed E-state index contributed by atoms with van der Waals surface area (Å²) in [6.45, 7) is 0. The molecule has 2 rings (SSSR count). The van der Waals surface area contributed by atoms with Crippen molar-refractivity contribution in [2.75, 3.05) is 11.1 Å². The quantitative estimate of drug-likeness (QED) is 0.759. The third-order valence-electron chi connectivity index (χ3n) is 2.51. The summed E-state index contributed by atoms with van der Waals surface area (Å²) in [7, 11) is 0. The maximum Gasteiger partial charge on any atom is 0.265 e. The van der Waals surface area contributed by atoms with Crippen LogP contribution in [-0.4, -0.2) is 0 Å². The van der Waals surface area contributed by atoms with Crippen LogP contribution in [0.15, 0.2) is 36.4 Å². The molecule has 0 heterocycles. The van der Waals surface area contributed by atoms with E-state index in [1.165, 1.54) is 18.2 Å². The second-order valence-corrected chi connectivity index (χ2v) is 4.74. The Morgan fingerprint density at radius 3 is 2.42 bits per heavy atom. The minimum atomic E-state index is -2.64. The van der Waals surface area contributed by atoms with E-state index in [0.717, 1.165) is 0 Å². The molecular formula is C13H10Cl2F2N2. The minimum absolute atomic E-state index is 0.184. The SMILES string of the molecule is Nc1ccc(Nc2cc(Cl)ccc2Cl)c(C(F)F)c1. The standard InChI is InChI=1S/C13H10Cl2F2N2/c14-7-1-3-10(15)12(5-7)19-11-4-2-8(18)6-9(11)13(16)17/h1-6,13,19H,18H2. The van der Waals surface area contributed by atoms with Crippen LogP contribution in [0.4, 0.5) is 25.8 Å². The Labute approximate surface area is 119 Å². The number of benzene rings is 2. The fraction of sp³-hybridized carbons (Fsp3) is 0.0769. The van der Waals surface area contributed by atoms with E-state index >= 15 is 0 Å². The smallest absolute Gasteiger partial charge is 0.265 e. The van der Waals surface area contributed by atoms with Crippen LogP contribution in [0.3, 0.4) is 0 Å². The van der Waals surface area contributed by atoms with Crippen molar-refractivity contribution in [1.29, 1.82) is 0 Å². The molecule has 0 amide bonds. The molecule has 0 radical (unpaired) electrons. The van der Waals surface area contributed by atoms with Crippen molar-refractivity contribution in [3.8, 4) is 0 Å². The number of nitrogens with one attached hydrogen (secondary N) is 1. The van der Waals surface area contributed by atoms with Gasteiger partial charge >= 0.3 is 0 Å². The van der Waals surface area contributed by atoms with Crippen molar-refractivity contribution in [2.24, 2.45) is 0 Å². The van der Waals surface area contributed by atoms with Crippen molar-refractivity contribution < 1.29 is 8.78 Å². The topological polar surface area (TPSA) is 38.0 Å². The summed E-state index contributed by atoms with van der Waals surface area (Å²) in [5.74, 6) is 0. The van der Waals surface area contributed by atoms with Crippen molar-refractivity contribution in [2.45, 2.75) is 6.43 Å². The number of anilines is 3. The van der Waals surface area contributed by atoms with E-state index < -0.39 is 6.43 Å². The molecule has 3 N–H and O–H groups in total. The fourth-order valence-corrected chi connectivity index (χ4v) is 1.95. The number of nitrogens with two attached hydrogens (primary N) is 1. The van der Waals surface area contributed by atoms with Crippen LogP contribution in [-0.2, 0) is 0 Å². The maximum atomic E-state index is 12.9. The molecule has 0 aliphatic heterocycles. The molecule has 0 unspecified atom stereocenters. The molecule has 0 saturated carbocycles. The van der Waals surface area contributed by atoms with Crippen molar-refractivity contribution in [1.82, 2.24) is 0 Å². The van der Waals surface area contributed by atoms with Gasteiger partial charge in [-0.15, -0.1) is 0 Å². The highest BCUT2D eigenvalue weighted by atomic mass is 35.5. The lowest BCUT2D eigenvalue weighted by atomic mass is 10.1. The maximum absolute atomic E-state index is 12.9. The van der Waals surface area contributed by atoms with Crippen LogP contribution in [0.1, 0.15) is 12.0 Å². The molecule has 0 spiro atoms. The van der Waals surface area contributed by atoms with Crippen LogP contribution in [0.5, 0.6) is 0 Å². The van der Waals surface area contributed by atoms with Gasteiger partial charge in [-0.05, 0) is 36.4 Å². The van der Waals surface area contributed by atoms with Gasteiger partial charge in [0.25, 0.3) is 6.43 Å². The number of nitrogen functional groups attached to an aromatic ring is 1. The Morgan fingerprint density at radius 1 is 1.00 bits per heavy atom. The minimum Gasteiger partial charge on any atom is -0.399 e. The normalized spacial score (nSPS) is 10.8. The zero-order chi connectivity index (χ0) is 14.0. The lowest BCUT2D eigenvalue weighted by molar-refractivity contribution is 0.152. The predicted molar refractivity (Wildman–Crippen MR) is 75.6 cm³/mol. The largest absolute Gasteiger partial charge is 0.399 e. The van der Waals surface area contributed by atoms with Crippen LogP contribution >= 0.6 is 23.2 Å². The van der Waals surface area contributed by atoms with Gasteiger partial charge in [0.05, 0.1) is 10.7 Å². The Morgan fingerprint density at radius 2 is 1.74 bits per heavy atom. The molecule has 2 nitrogen and oxygen atoms in total. The van der Waals surface area contributed by atoms with E-state index in [2.05, 4.69) is 5.32 Å². The average Bonchev–Trinajstić information content (AvgIpc) is 2.35. The van der Waals surface area contributed by atoms with Gasteiger partial charge in [-0.3, -0.25) is 0 Å². The summed E-state index contributed by atoms with van der Waals surface area (Å²) in [4.78, 5) is 0. The first-order valence-corrected chi connectivity index (χ1v) is 6.12. The number of halogens is 4. The predicted octanol–water partition coefficient (Wildman–Crippen LogP) is 5.26. The summed E-state index contributed by atoms with van der Waals surface area (Å²) in [5, 5.41) is 3.69. The number of hydrogen-bond donors (Lipinski definition) is 2. The Hall–Kier alpha value is -1.52. The summed E-state index contributed by atoms with van der Waals surface area (Å²) in [6.07, 6.45) is -2.64. The summed E-state index contributed by atoms with van der Waals surface area (Å²) < 4.78 is 25.9. The Bertz CT molecular complexity index is 603. The van der Waals surface area contributed by atoms with E-state index in [-0.39, 0.29) is 16.9 Å². The number of alkyl halides is 2. The highest BCUT2D eigenvalue weighted by molar-refractivity contribution is 6.35. The molecule has 0 aromatic heterocycles. The van der Waals surface area contributed by atoms with Crippen LogP contribution in [0, 0.1) is 0 Å². The molecule has 0 fully saturated rings. The van der Waals surface area contributed by atoms with Crippen molar-refractivity contribution in [3.05, 3.63) is 52.0 Å². The van der Waals surface area contributed by atoms with Gasteiger partial charge in [0.15, 0.2) is 0 Å². The van der Waals surface area contributed by atoms with Gasteiger partial charge in [-0.2, -0.15) is 0 Å². The molecule has 0 aliphatic carbocycles. The van der Waals surface area contributed by atoms with E-state index in [4.69, 9.17) is 28.9 Å². The first-order valence-electron chi connectivity index (χ1n) is 5.37. The summed E-state index contributed by atoms with van der Waals surface area (Å²) in [5.41, 5.74) is 6.30. The molecule has 100 valence electrons. The summed E-state index contributed by atoms with van der Waals surface area (Å²) >= 11 is 11.8. The number of rotatable bonds is 3. The lowest BCUT2D eigenvalue weighted by Crippen LogP contribution is -1.99. The van der Waals surface area contributed by atoms with Gasteiger partial charge in [0.2, 0.25) is 0 Å². The highest BCUT2D eigenvalue weighted by Crippen LogP contribution is 2.34. The van der Waals surface area contributed by atoms with Gasteiger partial charge in [0.1, 0.15) is 0 Å². The zero-order valence-electron chi connectivity index (χ0n) is 9.63. The van der Waals surface area contributed by atoms with Crippen molar-refractivity contribution >= 4 is 40.3 Å². The molecule has 0 bridgehead atoms. The monoisotopic (exact) mass is 302 g/mol. The molecule has 0 saturated heterocycles. The molecular weight excluding hydrogens is 293 g/mol. The lowest BCUT2D eigenvalue weighted by Gasteiger charge is -2.13. The third kappa shape index (κ3) is 3.28. The van der Waals surface area contributed by atoms with Crippen LogP contribution in [0.25, 0.3) is 0 Å². The van der Waals surface area contributed by atoms with E-state index in [9.17, 15) is 8.78 Å². The van der Waals surface area contributed by atoms with Gasteiger partial charge in [0, 0.05) is 22.0 Å². The summed E-state index contributed by atoms with van der Waals surface area (Å²) in [6, 6.07) is 9.01. The van der Waals surface area contributed by atoms with Crippen LogP contribution in [0.2, 0.25) is 10.0 Å². The van der Waals surface area contributed by atoms with Crippen LogP contribution < -0.4 is 11.1 Å². The Kier molecular flexibility index (Phi) is 4.12. The second-order valence-electron chi connectivity index (χ2n) is 3.90. The first kappa shape index (κ1) is 13.9. The fourth-order valence-electron chi connectivity index (χ4n) is 1.61. The molecule has 2 aromatic carbocycles. The van der Waals surface area contributed by atoms with Gasteiger partial charge in [-0.1, -0.05) is 23.2 Å². The molecule has 2 aromatic rings. The van der Waals surface area contributed by atoms with E-state index in [1.54, 1.807) is 18.2 Å².